The second-order valence-corrected chi connectivity index (χ2v) is 10.9. The second-order valence-electron chi connectivity index (χ2n) is 9.78. The summed E-state index contributed by atoms with van der Waals surface area (Å²) in [6.07, 6.45) is 17.9. The molecule has 0 aliphatic rings. The van der Waals surface area contributed by atoms with E-state index in [1.165, 1.54) is 75.1 Å². The summed E-state index contributed by atoms with van der Waals surface area (Å²) in [5, 5.41) is 0. The van der Waals surface area contributed by atoms with E-state index in [9.17, 15) is 19.2 Å². The second kappa shape index (κ2) is 31.3. The highest BCUT2D eigenvalue weighted by molar-refractivity contribution is 14.1. The molecule has 0 aromatic rings. The minimum atomic E-state index is -1.66. The highest BCUT2D eigenvalue weighted by Crippen LogP contribution is 2.19. The summed E-state index contributed by atoms with van der Waals surface area (Å²) in [6.45, 7) is 7.49. The van der Waals surface area contributed by atoms with Gasteiger partial charge in [0.15, 0.2) is 0 Å². The topological polar surface area (TPSA) is 157 Å². The van der Waals surface area contributed by atoms with Gasteiger partial charge in [0.1, 0.15) is 0 Å². The molecule has 0 atom stereocenters. The standard InChI is InChI=1S/C23H44INO4.C7H13NO4.ClH/c1-3-28-21(26)23(25,22(27)29-4-2)19-17-15-13-11-9-7-5-6-8-10-12-14-16-18-20-24;1-3-11-6(9)5(8)7(10)12-4-2;/h3-20,25H2,1-2H3;5H,3-4,8H2,1-2H3;1H. The molecule has 12 heteroatoms. The number of carbonyl (C=O) groups excluding carboxylic acids is 4. The molecule has 0 fully saturated rings. The molecule has 0 radical (unpaired) electrons. The maximum atomic E-state index is 12.1. The molecule has 0 aliphatic carbocycles. The van der Waals surface area contributed by atoms with Crippen molar-refractivity contribution in [1.82, 2.24) is 0 Å². The molecule has 4 N–H and O–H groups in total. The monoisotopic (exact) mass is 736 g/mol. The van der Waals surface area contributed by atoms with Crippen molar-refractivity contribution in [3.63, 3.8) is 0 Å². The van der Waals surface area contributed by atoms with Crippen molar-refractivity contribution in [1.29, 1.82) is 0 Å². The fourth-order valence-corrected chi connectivity index (χ4v) is 4.53. The smallest absolute Gasteiger partial charge is 0.337 e. The van der Waals surface area contributed by atoms with E-state index in [-0.39, 0.29) is 45.3 Å². The number of unbranched alkanes of at least 4 members (excludes halogenated alkanes) is 13. The maximum Gasteiger partial charge on any atom is 0.337 e. The van der Waals surface area contributed by atoms with Crippen molar-refractivity contribution in [3.8, 4) is 0 Å². The summed E-state index contributed by atoms with van der Waals surface area (Å²) in [6, 6.07) is -1.31. The van der Waals surface area contributed by atoms with E-state index < -0.39 is 35.5 Å². The molecule has 0 aromatic heterocycles. The van der Waals surface area contributed by atoms with Crippen molar-refractivity contribution in [2.45, 2.75) is 136 Å². The molecule has 0 rings (SSSR count). The summed E-state index contributed by atoms with van der Waals surface area (Å²) in [4.78, 5) is 45.8. The Bertz CT molecular complexity index is 664. The number of rotatable bonds is 24. The van der Waals surface area contributed by atoms with Crippen LogP contribution in [0.3, 0.4) is 0 Å². The van der Waals surface area contributed by atoms with E-state index in [0.29, 0.717) is 0 Å². The molecular weight excluding hydrogens is 679 g/mol. The van der Waals surface area contributed by atoms with Crippen LogP contribution >= 0.6 is 35.0 Å². The van der Waals surface area contributed by atoms with Crippen molar-refractivity contribution in [3.05, 3.63) is 0 Å². The van der Waals surface area contributed by atoms with Crippen LogP contribution < -0.4 is 11.5 Å². The van der Waals surface area contributed by atoms with E-state index >= 15 is 0 Å². The van der Waals surface area contributed by atoms with Gasteiger partial charge in [0.25, 0.3) is 0 Å². The SMILES string of the molecule is CCOC(=O)C(N)(CCCCCCCCCCCCCCCCI)C(=O)OCC.CCOC(=O)C(N)C(=O)OCC.Cl. The fraction of sp³-hybridized carbons (Fsp3) is 0.867. The summed E-state index contributed by atoms with van der Waals surface area (Å²) >= 11 is 2.46. The van der Waals surface area contributed by atoms with E-state index in [0.717, 1.165) is 19.3 Å². The van der Waals surface area contributed by atoms with Gasteiger partial charge in [-0.05, 0) is 45.0 Å². The molecule has 0 spiro atoms. The predicted molar refractivity (Wildman–Crippen MR) is 177 cm³/mol. The number of nitrogens with two attached hydrogens (primary N) is 2. The van der Waals surface area contributed by atoms with Crippen molar-refractivity contribution in [2.24, 2.45) is 11.5 Å². The van der Waals surface area contributed by atoms with Gasteiger partial charge in [0, 0.05) is 0 Å². The lowest BCUT2D eigenvalue weighted by molar-refractivity contribution is -0.164. The molecule has 250 valence electrons. The van der Waals surface area contributed by atoms with Crippen LogP contribution in [-0.4, -0.2) is 66.3 Å². The zero-order valence-corrected chi connectivity index (χ0v) is 29.4. The van der Waals surface area contributed by atoms with Crippen LogP contribution in [0.25, 0.3) is 0 Å². The van der Waals surface area contributed by atoms with Gasteiger partial charge < -0.3 is 30.4 Å². The van der Waals surface area contributed by atoms with Crippen LogP contribution in [0.4, 0.5) is 0 Å². The lowest BCUT2D eigenvalue weighted by atomic mass is 9.92. The van der Waals surface area contributed by atoms with Crippen molar-refractivity contribution in [2.75, 3.05) is 30.9 Å². The summed E-state index contributed by atoms with van der Waals surface area (Å²) in [7, 11) is 0. The van der Waals surface area contributed by atoms with Gasteiger partial charge in [0.2, 0.25) is 11.6 Å². The minimum Gasteiger partial charge on any atom is -0.464 e. The minimum absolute atomic E-state index is 0. The van der Waals surface area contributed by atoms with Gasteiger partial charge in [-0.2, -0.15) is 0 Å². The number of esters is 4. The molecule has 0 bridgehead atoms. The number of hydrogen-bond acceptors (Lipinski definition) is 10. The first-order valence-electron chi connectivity index (χ1n) is 15.4. The molecule has 0 aliphatic heterocycles. The lowest BCUT2D eigenvalue weighted by Gasteiger charge is -2.24. The number of ether oxygens (including phenoxy) is 4. The Kier molecular flexibility index (Phi) is 33.7. The Morgan fingerprint density at radius 3 is 1.14 bits per heavy atom. The van der Waals surface area contributed by atoms with E-state index in [4.69, 9.17) is 20.9 Å². The zero-order valence-electron chi connectivity index (χ0n) is 26.4. The van der Waals surface area contributed by atoms with Gasteiger partial charge in [0.05, 0.1) is 26.4 Å². The number of alkyl halides is 1. The molecule has 42 heavy (non-hydrogen) atoms. The maximum absolute atomic E-state index is 12.1. The quantitative estimate of drug-likeness (QED) is 0.0303. The lowest BCUT2D eigenvalue weighted by Crippen LogP contribution is -2.56. The number of carbonyl (C=O) groups is 4. The third-order valence-corrected chi connectivity index (χ3v) is 7.08. The van der Waals surface area contributed by atoms with Crippen molar-refractivity contribution >= 4 is 58.9 Å². The molecular formula is C30H58ClIN2O8. The van der Waals surface area contributed by atoms with E-state index in [1.54, 1.807) is 27.7 Å². The molecule has 0 heterocycles. The first kappa shape index (κ1) is 45.3. The predicted octanol–water partition coefficient (Wildman–Crippen LogP) is 5.96. The molecule has 10 nitrogen and oxygen atoms in total. The first-order valence-corrected chi connectivity index (χ1v) is 17.0. The average Bonchev–Trinajstić information content (AvgIpc) is 2.95. The third-order valence-electron chi connectivity index (χ3n) is 6.32. The fourth-order valence-electron chi connectivity index (χ4n) is 3.99. The first-order chi connectivity index (χ1) is 19.7. The Morgan fingerprint density at radius 2 is 0.857 bits per heavy atom. The highest BCUT2D eigenvalue weighted by atomic mass is 127. The van der Waals surface area contributed by atoms with Gasteiger partial charge >= 0.3 is 23.9 Å². The average molecular weight is 737 g/mol. The Morgan fingerprint density at radius 1 is 0.571 bits per heavy atom. The highest BCUT2D eigenvalue weighted by Gasteiger charge is 2.44. The molecule has 0 saturated heterocycles. The Balaban J connectivity index is -0.000000983. The van der Waals surface area contributed by atoms with Crippen LogP contribution in [0.15, 0.2) is 0 Å². The molecule has 0 unspecified atom stereocenters. The van der Waals surface area contributed by atoms with Gasteiger partial charge in [-0.1, -0.05) is 106 Å². The Labute approximate surface area is 274 Å². The Hall–Kier alpha value is -1.18. The third kappa shape index (κ3) is 23.3. The van der Waals surface area contributed by atoms with Gasteiger partial charge in [-0.15, -0.1) is 12.4 Å². The molecule has 0 aromatic carbocycles. The van der Waals surface area contributed by atoms with Crippen LogP contribution in [0.1, 0.15) is 124 Å². The van der Waals surface area contributed by atoms with E-state index in [1.807, 2.05) is 0 Å². The zero-order chi connectivity index (χ0) is 31.4. The molecule has 0 amide bonds. The summed E-state index contributed by atoms with van der Waals surface area (Å²) in [5.74, 6) is -2.86. The van der Waals surface area contributed by atoms with Crippen LogP contribution in [-0.2, 0) is 38.1 Å². The largest absolute Gasteiger partial charge is 0.464 e. The van der Waals surface area contributed by atoms with E-state index in [2.05, 4.69) is 32.1 Å². The summed E-state index contributed by atoms with van der Waals surface area (Å²) in [5.41, 5.74) is 9.58. The normalized spacial score (nSPS) is 10.7. The van der Waals surface area contributed by atoms with Crippen LogP contribution in [0.2, 0.25) is 0 Å². The van der Waals surface area contributed by atoms with Crippen LogP contribution in [0, 0.1) is 0 Å². The number of hydrogen-bond donors (Lipinski definition) is 2. The van der Waals surface area contributed by atoms with Gasteiger partial charge in [-0.25, -0.2) is 19.2 Å². The van der Waals surface area contributed by atoms with Crippen molar-refractivity contribution < 1.29 is 38.1 Å². The number of halogens is 2. The summed E-state index contributed by atoms with van der Waals surface area (Å²) < 4.78 is 20.3. The van der Waals surface area contributed by atoms with Gasteiger partial charge in [-0.3, -0.25) is 0 Å². The van der Waals surface area contributed by atoms with Crippen LogP contribution in [0.5, 0.6) is 0 Å². The molecule has 0 saturated carbocycles.